The molecule has 0 saturated heterocycles. The lowest BCUT2D eigenvalue weighted by Gasteiger charge is -2.60. The fraction of sp³-hybridized carbons (Fsp3) is 0.611. The van der Waals surface area contributed by atoms with Gasteiger partial charge >= 0.3 is 0 Å². The summed E-state index contributed by atoms with van der Waals surface area (Å²) in [5, 5.41) is 3.24. The summed E-state index contributed by atoms with van der Waals surface area (Å²) in [5.41, 5.74) is 1.31. The van der Waals surface area contributed by atoms with Crippen LogP contribution in [0.5, 0.6) is 0 Å². The minimum Gasteiger partial charge on any atom is -0.325 e. The van der Waals surface area contributed by atoms with E-state index in [-0.39, 0.29) is 11.3 Å². The molecule has 1 amide bonds. The monoisotopic (exact) mass is 395 g/mol. The molecule has 21 heavy (non-hydrogen) atoms. The van der Waals surface area contributed by atoms with Gasteiger partial charge in [-0.25, -0.2) is 0 Å². The van der Waals surface area contributed by atoms with E-state index in [9.17, 15) is 4.79 Å². The van der Waals surface area contributed by atoms with Gasteiger partial charge < -0.3 is 5.32 Å². The number of rotatable bonds is 2. The van der Waals surface area contributed by atoms with E-state index in [0.717, 1.165) is 40.4 Å². The zero-order valence-electron chi connectivity index (χ0n) is 12.5. The van der Waals surface area contributed by atoms with Crippen LogP contribution in [0.15, 0.2) is 24.3 Å². The predicted molar refractivity (Wildman–Crippen MR) is 93.0 cm³/mol. The lowest BCUT2D eigenvalue weighted by Crippen LogP contribution is -2.55. The Kier molecular flexibility index (Phi) is 3.15. The molecule has 2 nitrogen and oxygen atoms in total. The molecule has 112 valence electrons. The number of nitrogens with one attached hydrogen (secondary N) is 1. The summed E-state index contributed by atoms with van der Waals surface area (Å²) in [6.45, 7) is 2.42. The van der Waals surface area contributed by atoms with Crippen LogP contribution >= 0.6 is 22.6 Å². The van der Waals surface area contributed by atoms with E-state index < -0.39 is 0 Å². The van der Waals surface area contributed by atoms with Crippen molar-refractivity contribution in [3.05, 3.63) is 27.8 Å². The molecule has 4 fully saturated rings. The van der Waals surface area contributed by atoms with Gasteiger partial charge in [0.2, 0.25) is 5.91 Å². The topological polar surface area (TPSA) is 29.1 Å². The van der Waals surface area contributed by atoms with Crippen molar-refractivity contribution in [1.29, 1.82) is 0 Å². The largest absolute Gasteiger partial charge is 0.325 e. The summed E-state index contributed by atoms with van der Waals surface area (Å²) in [4.78, 5) is 13.0. The van der Waals surface area contributed by atoms with Gasteiger partial charge in [-0.2, -0.15) is 0 Å². The van der Waals surface area contributed by atoms with Crippen LogP contribution in [0, 0.1) is 26.2 Å². The third-order valence-corrected chi connectivity index (χ3v) is 6.90. The molecule has 2 unspecified atom stereocenters. The molecule has 0 spiro atoms. The smallest absolute Gasteiger partial charge is 0.230 e. The average molecular weight is 395 g/mol. The fourth-order valence-electron chi connectivity index (χ4n) is 5.80. The van der Waals surface area contributed by atoms with Crippen molar-refractivity contribution in [3.63, 3.8) is 0 Å². The Labute approximate surface area is 140 Å². The molecule has 4 aliphatic rings. The maximum absolute atomic E-state index is 13.0. The summed E-state index contributed by atoms with van der Waals surface area (Å²) >= 11 is 2.30. The molecule has 4 aliphatic carbocycles. The lowest BCUT2D eigenvalue weighted by atomic mass is 9.44. The minimum atomic E-state index is -0.0856. The van der Waals surface area contributed by atoms with Gasteiger partial charge in [0.05, 0.1) is 11.1 Å². The van der Waals surface area contributed by atoms with Crippen LogP contribution in [0.25, 0.3) is 0 Å². The number of para-hydroxylation sites is 1. The Hall–Kier alpha value is -0.580. The molecule has 0 aromatic heterocycles. The van der Waals surface area contributed by atoms with Crippen molar-refractivity contribution in [2.45, 2.75) is 45.4 Å². The predicted octanol–water partition coefficient (Wildman–Crippen LogP) is 4.84. The average Bonchev–Trinajstić information content (AvgIpc) is 2.38. The summed E-state index contributed by atoms with van der Waals surface area (Å²) in [6, 6.07) is 8.08. The Bertz CT molecular complexity index is 583. The molecule has 4 saturated carbocycles. The Balaban J connectivity index is 1.61. The zero-order chi connectivity index (χ0) is 14.7. The Morgan fingerprint density at radius 2 is 1.86 bits per heavy atom. The van der Waals surface area contributed by atoms with Crippen LogP contribution in [0.4, 0.5) is 5.69 Å². The molecule has 0 heterocycles. The highest BCUT2D eigenvalue weighted by Gasteiger charge is 2.58. The first-order valence-electron chi connectivity index (χ1n) is 8.04. The van der Waals surface area contributed by atoms with Crippen molar-refractivity contribution in [1.82, 2.24) is 0 Å². The van der Waals surface area contributed by atoms with E-state index in [1.807, 2.05) is 18.2 Å². The SMILES string of the molecule is CC12CC3CC(C1)CC(C(=O)Nc1ccccc1I)(C3)C2. The normalized spacial score (nSPS) is 40.3. The van der Waals surface area contributed by atoms with Gasteiger partial charge in [-0.05, 0) is 90.5 Å². The lowest BCUT2D eigenvalue weighted by molar-refractivity contribution is -0.149. The molecule has 5 rings (SSSR count). The minimum absolute atomic E-state index is 0.0856. The maximum Gasteiger partial charge on any atom is 0.230 e. The first-order chi connectivity index (χ1) is 9.98. The highest BCUT2D eigenvalue weighted by molar-refractivity contribution is 14.1. The van der Waals surface area contributed by atoms with Gasteiger partial charge in [-0.15, -0.1) is 0 Å². The molecular formula is C18H22INO. The summed E-state index contributed by atoms with van der Waals surface area (Å²) < 4.78 is 1.12. The third kappa shape index (κ3) is 2.32. The molecule has 1 N–H and O–H groups in total. The number of carbonyl (C=O) groups excluding carboxylic acids is 1. The van der Waals surface area contributed by atoms with E-state index in [0.29, 0.717) is 5.41 Å². The van der Waals surface area contributed by atoms with Crippen LogP contribution in [0.3, 0.4) is 0 Å². The van der Waals surface area contributed by atoms with Crippen LogP contribution in [-0.4, -0.2) is 5.91 Å². The van der Waals surface area contributed by atoms with Crippen LogP contribution in [0.2, 0.25) is 0 Å². The molecule has 0 radical (unpaired) electrons. The second kappa shape index (κ2) is 4.71. The molecule has 1 aromatic rings. The third-order valence-electron chi connectivity index (χ3n) is 5.96. The molecule has 2 atom stereocenters. The van der Waals surface area contributed by atoms with E-state index in [1.54, 1.807) is 0 Å². The number of hydrogen-bond donors (Lipinski definition) is 1. The fourth-order valence-corrected chi connectivity index (χ4v) is 6.33. The molecule has 3 heteroatoms. The van der Waals surface area contributed by atoms with Crippen molar-refractivity contribution in [3.8, 4) is 0 Å². The van der Waals surface area contributed by atoms with Gasteiger partial charge in [-0.1, -0.05) is 19.1 Å². The van der Waals surface area contributed by atoms with Gasteiger partial charge in [0.25, 0.3) is 0 Å². The summed E-state index contributed by atoms with van der Waals surface area (Å²) in [5.74, 6) is 1.86. The van der Waals surface area contributed by atoms with E-state index >= 15 is 0 Å². The van der Waals surface area contributed by atoms with Crippen LogP contribution in [-0.2, 0) is 4.79 Å². The summed E-state index contributed by atoms with van der Waals surface area (Å²) in [6.07, 6.45) is 7.40. The van der Waals surface area contributed by atoms with Gasteiger partial charge in [-0.3, -0.25) is 4.79 Å². The number of carbonyl (C=O) groups is 1. The van der Waals surface area contributed by atoms with Crippen molar-refractivity contribution in [2.75, 3.05) is 5.32 Å². The second-order valence-corrected chi connectivity index (χ2v) is 9.15. The molecular weight excluding hydrogens is 373 g/mol. The summed E-state index contributed by atoms with van der Waals surface area (Å²) in [7, 11) is 0. The number of benzene rings is 1. The van der Waals surface area contributed by atoms with Gasteiger partial charge in [0.15, 0.2) is 0 Å². The van der Waals surface area contributed by atoms with Crippen molar-refractivity contribution in [2.24, 2.45) is 22.7 Å². The van der Waals surface area contributed by atoms with Crippen LogP contribution in [0.1, 0.15) is 45.4 Å². The highest BCUT2D eigenvalue weighted by atomic mass is 127. The van der Waals surface area contributed by atoms with E-state index in [4.69, 9.17) is 0 Å². The Morgan fingerprint density at radius 3 is 2.48 bits per heavy atom. The standard InChI is InChI=1S/C18H22INO/c1-17-7-12-6-13(8-17)10-18(9-12,11-17)16(21)20-15-5-3-2-4-14(15)19/h2-5,12-13H,6-11H2,1H3,(H,20,21). The number of amides is 1. The second-order valence-electron chi connectivity index (χ2n) is 7.99. The highest BCUT2D eigenvalue weighted by Crippen LogP contribution is 2.65. The molecule has 0 aliphatic heterocycles. The van der Waals surface area contributed by atoms with Gasteiger partial charge in [0.1, 0.15) is 0 Å². The first-order valence-corrected chi connectivity index (χ1v) is 9.12. The van der Waals surface area contributed by atoms with Crippen LogP contribution < -0.4 is 5.32 Å². The molecule has 1 aromatic carbocycles. The zero-order valence-corrected chi connectivity index (χ0v) is 14.7. The number of hydrogen-bond acceptors (Lipinski definition) is 1. The van der Waals surface area contributed by atoms with Crippen molar-refractivity contribution < 1.29 is 4.79 Å². The van der Waals surface area contributed by atoms with Gasteiger partial charge in [0, 0.05) is 3.57 Å². The van der Waals surface area contributed by atoms with E-state index in [2.05, 4.69) is 40.9 Å². The number of halogens is 1. The first kappa shape index (κ1) is 14.0. The number of anilines is 1. The maximum atomic E-state index is 13.0. The Morgan fingerprint density at radius 1 is 1.19 bits per heavy atom. The van der Waals surface area contributed by atoms with E-state index in [1.165, 1.54) is 19.3 Å². The quantitative estimate of drug-likeness (QED) is 0.714. The molecule has 4 bridgehead atoms. The van der Waals surface area contributed by atoms with Crippen molar-refractivity contribution >= 4 is 34.2 Å².